The molecule has 1 fully saturated rings. The Hall–Kier alpha value is -2.35. The maximum atomic E-state index is 12.3. The third kappa shape index (κ3) is 4.73. The van der Waals surface area contributed by atoms with E-state index in [1.54, 1.807) is 25.1 Å². The number of hydrogen-bond acceptors (Lipinski definition) is 6. The van der Waals surface area contributed by atoms with Crippen LogP contribution < -0.4 is 0 Å². The summed E-state index contributed by atoms with van der Waals surface area (Å²) in [6.07, 6.45) is 3.17. The molecule has 1 amide bonds. The van der Waals surface area contributed by atoms with Crippen molar-refractivity contribution in [1.29, 1.82) is 0 Å². The van der Waals surface area contributed by atoms with Crippen LogP contribution in [0.25, 0.3) is 11.0 Å². The van der Waals surface area contributed by atoms with Crippen molar-refractivity contribution in [2.45, 2.75) is 39.2 Å². The van der Waals surface area contributed by atoms with Gasteiger partial charge in [-0.25, -0.2) is 4.79 Å². The number of likely N-dealkylation sites (tertiary alicyclic amines) is 1. The van der Waals surface area contributed by atoms with Crippen LogP contribution >= 0.6 is 15.9 Å². The van der Waals surface area contributed by atoms with Crippen molar-refractivity contribution in [3.63, 3.8) is 0 Å². The first-order chi connectivity index (χ1) is 13.5. The van der Waals surface area contributed by atoms with Crippen molar-refractivity contribution in [3.8, 4) is 0 Å². The van der Waals surface area contributed by atoms with E-state index in [2.05, 4.69) is 15.9 Å². The number of benzene rings is 1. The molecule has 0 atom stereocenters. The van der Waals surface area contributed by atoms with Crippen molar-refractivity contribution in [3.05, 3.63) is 34.0 Å². The Bertz CT molecular complexity index is 890. The van der Waals surface area contributed by atoms with Gasteiger partial charge in [-0.1, -0.05) is 22.4 Å². The van der Waals surface area contributed by atoms with Crippen LogP contribution in [0.3, 0.4) is 0 Å². The number of halogens is 1. The topological polar surface area (TPSA) is 86.1 Å². The van der Waals surface area contributed by atoms with E-state index in [0.29, 0.717) is 29.5 Å². The fourth-order valence-corrected chi connectivity index (χ4v) is 3.55. The van der Waals surface area contributed by atoms with Crippen LogP contribution in [0.5, 0.6) is 0 Å². The van der Waals surface area contributed by atoms with Crippen LogP contribution in [0.4, 0.5) is 0 Å². The van der Waals surface area contributed by atoms with Crippen LogP contribution in [0.15, 0.2) is 27.1 Å². The molecule has 0 saturated carbocycles. The van der Waals surface area contributed by atoms with Gasteiger partial charge in [0.05, 0.1) is 12.2 Å². The quantitative estimate of drug-likeness (QED) is 0.620. The van der Waals surface area contributed by atoms with E-state index in [1.807, 2.05) is 0 Å². The molecule has 2 aromatic rings. The summed E-state index contributed by atoms with van der Waals surface area (Å²) in [7, 11) is 0. The van der Waals surface area contributed by atoms with E-state index < -0.39 is 11.9 Å². The van der Waals surface area contributed by atoms with E-state index in [9.17, 15) is 14.4 Å². The Morgan fingerprint density at radius 3 is 2.82 bits per heavy atom. The molecule has 7 nitrogen and oxygen atoms in total. The molecular weight excluding hydrogens is 430 g/mol. The molecule has 1 aromatic heterocycles. The third-order valence-corrected chi connectivity index (χ3v) is 5.08. The van der Waals surface area contributed by atoms with Crippen LogP contribution in [-0.4, -0.2) is 42.4 Å². The number of carbonyl (C=O) groups excluding carboxylic acids is 3. The minimum atomic E-state index is -0.608. The second kappa shape index (κ2) is 9.23. The molecule has 2 heterocycles. The van der Waals surface area contributed by atoms with Crippen molar-refractivity contribution in [2.75, 3.05) is 19.7 Å². The van der Waals surface area contributed by atoms with Gasteiger partial charge in [-0.05, 0) is 38.0 Å². The van der Waals surface area contributed by atoms with Gasteiger partial charge in [0.2, 0.25) is 11.7 Å². The van der Waals surface area contributed by atoms with Crippen molar-refractivity contribution in [2.24, 2.45) is 0 Å². The van der Waals surface area contributed by atoms with Crippen LogP contribution in [0.2, 0.25) is 0 Å². The summed E-state index contributed by atoms with van der Waals surface area (Å²) in [5.41, 5.74) is 0.949. The Kier molecular flexibility index (Phi) is 6.72. The smallest absolute Gasteiger partial charge is 0.374 e. The Morgan fingerprint density at radius 2 is 2.04 bits per heavy atom. The number of rotatable bonds is 6. The lowest BCUT2D eigenvalue weighted by Crippen LogP contribution is -2.35. The molecule has 1 saturated heterocycles. The lowest BCUT2D eigenvalue weighted by Gasteiger charge is -2.19. The minimum Gasteiger partial charge on any atom is -0.460 e. The highest BCUT2D eigenvalue weighted by Crippen LogP contribution is 2.30. The van der Waals surface area contributed by atoms with E-state index >= 15 is 0 Å². The van der Waals surface area contributed by atoms with E-state index in [1.165, 1.54) is 4.90 Å². The van der Waals surface area contributed by atoms with Crippen LogP contribution in [-0.2, 0) is 25.7 Å². The number of fused-ring (bicyclic) bond motifs is 1. The molecule has 1 aromatic carbocycles. The zero-order chi connectivity index (χ0) is 20.1. The van der Waals surface area contributed by atoms with Gasteiger partial charge in [-0.3, -0.25) is 9.59 Å². The Morgan fingerprint density at radius 1 is 1.21 bits per heavy atom. The van der Waals surface area contributed by atoms with Gasteiger partial charge in [0.25, 0.3) is 0 Å². The number of esters is 2. The van der Waals surface area contributed by atoms with Gasteiger partial charge in [0.15, 0.2) is 0 Å². The van der Waals surface area contributed by atoms with Gasteiger partial charge in [-0.2, -0.15) is 0 Å². The predicted molar refractivity (Wildman–Crippen MR) is 105 cm³/mol. The first-order valence-electron chi connectivity index (χ1n) is 9.31. The maximum Gasteiger partial charge on any atom is 0.374 e. The first-order valence-corrected chi connectivity index (χ1v) is 10.1. The van der Waals surface area contributed by atoms with Crippen LogP contribution in [0.1, 0.15) is 48.7 Å². The molecular formula is C20H22BrNO6. The number of furan rings is 1. The summed E-state index contributed by atoms with van der Waals surface area (Å²) >= 11 is 3.39. The number of nitrogens with zero attached hydrogens (tertiary/aromatic N) is 1. The Labute approximate surface area is 171 Å². The second-order valence-corrected chi connectivity index (χ2v) is 7.47. The SMILES string of the molecule is CCOC(=O)c1oc2ccc(Br)cc2c1COC(=O)CN1CCCCCC1=O. The standard InChI is InChI=1S/C20H22BrNO6/c1-2-26-20(25)19-15(14-10-13(21)7-8-16(14)28-19)12-27-18(24)11-22-9-5-3-4-6-17(22)23/h7-8,10H,2-6,9,11-12H2,1H3. The fourth-order valence-electron chi connectivity index (χ4n) is 3.19. The molecule has 0 unspecified atom stereocenters. The van der Waals surface area contributed by atoms with Gasteiger partial charge >= 0.3 is 11.9 Å². The zero-order valence-electron chi connectivity index (χ0n) is 15.7. The summed E-state index contributed by atoms with van der Waals surface area (Å²) in [6, 6.07) is 5.31. The lowest BCUT2D eigenvalue weighted by atomic mass is 10.1. The van der Waals surface area contributed by atoms with Gasteiger partial charge < -0.3 is 18.8 Å². The minimum absolute atomic E-state index is 0.0219. The lowest BCUT2D eigenvalue weighted by molar-refractivity contribution is -0.150. The average molecular weight is 452 g/mol. The molecule has 0 radical (unpaired) electrons. The van der Waals surface area contributed by atoms with Gasteiger partial charge in [0, 0.05) is 22.8 Å². The third-order valence-electron chi connectivity index (χ3n) is 4.58. The predicted octanol–water partition coefficient (Wildman–Crippen LogP) is 3.82. The molecule has 8 heteroatoms. The molecule has 1 aliphatic heterocycles. The first kappa shape index (κ1) is 20.4. The number of carbonyl (C=O) groups is 3. The molecule has 3 rings (SSSR count). The van der Waals surface area contributed by atoms with E-state index in [0.717, 1.165) is 23.7 Å². The van der Waals surface area contributed by atoms with E-state index in [4.69, 9.17) is 13.9 Å². The molecule has 0 bridgehead atoms. The summed E-state index contributed by atoms with van der Waals surface area (Å²) in [5.74, 6) is -1.13. The number of ether oxygens (including phenoxy) is 2. The van der Waals surface area contributed by atoms with Crippen molar-refractivity contribution in [1.82, 2.24) is 4.90 Å². The van der Waals surface area contributed by atoms with Gasteiger partial charge in [-0.15, -0.1) is 0 Å². The normalized spacial score (nSPS) is 14.8. The highest BCUT2D eigenvalue weighted by molar-refractivity contribution is 9.10. The van der Waals surface area contributed by atoms with Gasteiger partial charge in [0.1, 0.15) is 18.7 Å². The molecule has 0 spiro atoms. The fraction of sp³-hybridized carbons (Fsp3) is 0.450. The molecule has 150 valence electrons. The molecule has 0 aliphatic carbocycles. The molecule has 28 heavy (non-hydrogen) atoms. The highest BCUT2D eigenvalue weighted by atomic mass is 79.9. The summed E-state index contributed by atoms with van der Waals surface area (Å²) in [6.45, 7) is 2.24. The molecule has 1 aliphatic rings. The number of amides is 1. The summed E-state index contributed by atoms with van der Waals surface area (Å²) in [4.78, 5) is 38.1. The highest BCUT2D eigenvalue weighted by Gasteiger charge is 2.24. The maximum absolute atomic E-state index is 12.3. The number of hydrogen-bond donors (Lipinski definition) is 0. The Balaban J connectivity index is 1.76. The van der Waals surface area contributed by atoms with Crippen molar-refractivity contribution >= 4 is 44.7 Å². The molecule has 0 N–H and O–H groups in total. The summed E-state index contributed by atoms with van der Waals surface area (Å²) in [5, 5.41) is 0.663. The monoisotopic (exact) mass is 451 g/mol. The summed E-state index contributed by atoms with van der Waals surface area (Å²) < 4.78 is 16.9. The van der Waals surface area contributed by atoms with E-state index in [-0.39, 0.29) is 31.4 Å². The van der Waals surface area contributed by atoms with Crippen LogP contribution in [0, 0.1) is 0 Å². The second-order valence-electron chi connectivity index (χ2n) is 6.56. The zero-order valence-corrected chi connectivity index (χ0v) is 17.2. The van der Waals surface area contributed by atoms with Crippen molar-refractivity contribution < 1.29 is 28.3 Å². The largest absolute Gasteiger partial charge is 0.460 e. The average Bonchev–Trinajstić information content (AvgIpc) is 2.90.